The molecule has 3 rings (SSSR count). The number of halogens is 3. The summed E-state index contributed by atoms with van der Waals surface area (Å²) in [4.78, 5) is 23.6. The zero-order chi connectivity index (χ0) is 27.6. The van der Waals surface area contributed by atoms with Crippen LogP contribution in [0.1, 0.15) is 57.9 Å². The highest BCUT2D eigenvalue weighted by Crippen LogP contribution is 2.51. The van der Waals surface area contributed by atoms with Gasteiger partial charge in [-0.3, -0.25) is 9.62 Å². The zero-order valence-electron chi connectivity index (χ0n) is 21.8. The molecule has 1 aromatic carbocycles. The molecule has 2 aliphatic rings. The van der Waals surface area contributed by atoms with Crippen molar-refractivity contribution in [2.45, 2.75) is 75.3 Å². The number of rotatable bonds is 9. The van der Waals surface area contributed by atoms with Gasteiger partial charge < -0.3 is 19.9 Å². The molecule has 3 unspecified atom stereocenters. The summed E-state index contributed by atoms with van der Waals surface area (Å²) in [6, 6.07) is 6.86. The van der Waals surface area contributed by atoms with Gasteiger partial charge in [-0.15, -0.1) is 0 Å². The van der Waals surface area contributed by atoms with Crippen molar-refractivity contribution in [1.29, 1.82) is 0 Å². The molecule has 0 spiro atoms. The van der Waals surface area contributed by atoms with E-state index in [-0.39, 0.29) is 11.4 Å². The monoisotopic (exact) mass is 549 g/mol. The minimum Gasteiger partial charge on any atom is -0.493 e. The van der Waals surface area contributed by atoms with Crippen molar-refractivity contribution in [1.82, 2.24) is 14.9 Å². The summed E-state index contributed by atoms with van der Waals surface area (Å²) in [6.07, 6.45) is 1.50. The van der Waals surface area contributed by atoms with Crippen LogP contribution in [0, 0.1) is 0 Å². The highest BCUT2D eigenvalue weighted by molar-refractivity contribution is 7.98. The Labute approximate surface area is 220 Å². The number of alkyl halides is 3. The highest BCUT2D eigenvalue weighted by Gasteiger charge is 2.51. The molecule has 1 saturated carbocycles. The smallest absolute Gasteiger partial charge is 0.490 e. The lowest BCUT2D eigenvalue weighted by Gasteiger charge is -2.45. The van der Waals surface area contributed by atoms with Crippen LogP contribution in [-0.2, 0) is 10.2 Å². The lowest BCUT2D eigenvalue weighted by Crippen LogP contribution is -2.48. The van der Waals surface area contributed by atoms with Crippen molar-refractivity contribution in [3.8, 4) is 11.5 Å². The van der Waals surface area contributed by atoms with Gasteiger partial charge in [-0.1, -0.05) is 26.3 Å². The average molecular weight is 550 g/mol. The van der Waals surface area contributed by atoms with Crippen LogP contribution in [0.3, 0.4) is 0 Å². The maximum absolute atomic E-state index is 12.0. The van der Waals surface area contributed by atoms with Crippen LogP contribution in [0.2, 0.25) is 0 Å². The molecular formula is C25H38F3N3O5S. The van der Waals surface area contributed by atoms with Gasteiger partial charge in [0.1, 0.15) is 0 Å². The molecule has 2 fully saturated rings. The summed E-state index contributed by atoms with van der Waals surface area (Å²) in [5.41, 5.74) is 1.51. The number of aliphatic carboxylic acids is 1. The fraction of sp³-hybridized carbons (Fsp3) is 0.680. The van der Waals surface area contributed by atoms with Crippen LogP contribution in [-0.4, -0.2) is 73.3 Å². The molecule has 2 amide bonds. The van der Waals surface area contributed by atoms with E-state index >= 15 is 0 Å². The maximum Gasteiger partial charge on any atom is 0.490 e. The number of nitrogens with zero attached hydrogens (tertiary/aromatic N) is 1. The second kappa shape index (κ2) is 14.0. The van der Waals surface area contributed by atoms with Gasteiger partial charge in [-0.05, 0) is 74.8 Å². The minimum absolute atomic E-state index is 0.0658. The van der Waals surface area contributed by atoms with E-state index in [1.54, 1.807) is 26.2 Å². The summed E-state index contributed by atoms with van der Waals surface area (Å²) < 4.78 is 45.8. The predicted molar refractivity (Wildman–Crippen MR) is 137 cm³/mol. The Hall–Kier alpha value is -2.34. The zero-order valence-corrected chi connectivity index (χ0v) is 22.6. The average Bonchev–Trinajstić information content (AvgIpc) is 3.26. The van der Waals surface area contributed by atoms with Gasteiger partial charge in [0.05, 0.1) is 14.2 Å². The molecule has 210 valence electrons. The number of unbranched alkanes of at least 4 members (excludes halogenated alkanes) is 1. The first-order chi connectivity index (χ1) is 17.5. The Kier molecular flexibility index (Phi) is 11.7. The number of ether oxygens (including phenoxy) is 2. The number of methoxy groups -OCH3 is 2. The van der Waals surface area contributed by atoms with Gasteiger partial charge in [0.2, 0.25) is 0 Å². The third kappa shape index (κ3) is 8.07. The molecule has 1 heterocycles. The van der Waals surface area contributed by atoms with E-state index in [4.69, 9.17) is 19.4 Å². The van der Waals surface area contributed by atoms with Gasteiger partial charge >= 0.3 is 18.2 Å². The molecule has 12 heteroatoms. The quantitative estimate of drug-likeness (QED) is 0.295. The number of likely N-dealkylation sites (N-methyl/N-ethyl adjacent to an activating group) is 1. The second-order valence-corrected chi connectivity index (χ2v) is 10.3. The van der Waals surface area contributed by atoms with Gasteiger partial charge in [0, 0.05) is 23.3 Å². The Balaban J connectivity index is 0.000000604. The molecule has 37 heavy (non-hydrogen) atoms. The van der Waals surface area contributed by atoms with Crippen molar-refractivity contribution in [3.05, 3.63) is 23.8 Å². The van der Waals surface area contributed by atoms with E-state index in [1.807, 2.05) is 6.07 Å². The van der Waals surface area contributed by atoms with E-state index < -0.39 is 12.1 Å². The number of urea groups is 1. The Morgan fingerprint density at radius 2 is 1.86 bits per heavy atom. The molecule has 0 bridgehead atoms. The molecule has 1 saturated heterocycles. The molecule has 1 aliphatic heterocycles. The molecule has 1 aromatic rings. The van der Waals surface area contributed by atoms with Crippen molar-refractivity contribution >= 4 is 23.9 Å². The first kappa shape index (κ1) is 30.9. The summed E-state index contributed by atoms with van der Waals surface area (Å²) in [5.74, 6) is -1.17. The van der Waals surface area contributed by atoms with E-state index in [9.17, 15) is 18.0 Å². The Morgan fingerprint density at radius 1 is 1.19 bits per heavy atom. The molecule has 0 radical (unpaired) electrons. The standard InChI is InChI=1S/C23H37N3O3S.C2HF3O2/c1-5-7-13-24-22(27)25-30-18-10-11-23(12-14-26(6-2)21(23)16-18)17-8-9-19(28-3)20(15-17)29-4;3-2(4,5)1(6)7/h8-9,15,18,21H,5-7,10-14,16H2,1-4H3,(H2,24,25,27);(H,6,7). The third-order valence-corrected chi connectivity index (χ3v) is 8.13. The number of nitrogens with one attached hydrogen (secondary N) is 2. The van der Waals surface area contributed by atoms with Crippen molar-refractivity contribution < 1.29 is 37.3 Å². The van der Waals surface area contributed by atoms with Crippen LogP contribution in [0.15, 0.2) is 18.2 Å². The molecule has 8 nitrogen and oxygen atoms in total. The van der Waals surface area contributed by atoms with Gasteiger partial charge in [-0.2, -0.15) is 13.2 Å². The Bertz CT molecular complexity index is 905. The van der Waals surface area contributed by atoms with Crippen LogP contribution >= 0.6 is 11.9 Å². The first-order valence-corrected chi connectivity index (χ1v) is 13.4. The number of benzene rings is 1. The summed E-state index contributed by atoms with van der Waals surface area (Å²) in [7, 11) is 3.38. The van der Waals surface area contributed by atoms with E-state index in [0.29, 0.717) is 11.3 Å². The number of hydrogen-bond donors (Lipinski definition) is 3. The van der Waals surface area contributed by atoms with Gasteiger partial charge in [0.25, 0.3) is 0 Å². The fourth-order valence-corrected chi connectivity index (χ4v) is 5.99. The van der Waals surface area contributed by atoms with E-state index in [0.717, 1.165) is 63.2 Å². The third-order valence-electron chi connectivity index (χ3n) is 7.06. The van der Waals surface area contributed by atoms with E-state index in [2.05, 4.69) is 40.9 Å². The minimum atomic E-state index is -5.08. The first-order valence-electron chi connectivity index (χ1n) is 12.5. The largest absolute Gasteiger partial charge is 0.493 e. The van der Waals surface area contributed by atoms with Crippen LogP contribution in [0.25, 0.3) is 0 Å². The molecule has 3 atom stereocenters. The number of carboxylic acids is 1. The lowest BCUT2D eigenvalue weighted by molar-refractivity contribution is -0.192. The number of amides is 2. The molecular weight excluding hydrogens is 511 g/mol. The molecule has 1 aliphatic carbocycles. The van der Waals surface area contributed by atoms with Crippen LogP contribution < -0.4 is 19.5 Å². The van der Waals surface area contributed by atoms with Crippen molar-refractivity contribution in [3.63, 3.8) is 0 Å². The SMILES string of the molecule is CCCCNC(=O)NSC1CCC2(c3ccc(OC)c(OC)c3)CCN(CC)C2C1.O=C(O)C(F)(F)F. The number of carbonyl (C=O) groups excluding carboxylic acids is 1. The normalized spacial score (nSPS) is 23.3. The highest BCUT2D eigenvalue weighted by atomic mass is 32.2. The summed E-state index contributed by atoms with van der Waals surface area (Å²) in [5, 5.41) is 10.5. The van der Waals surface area contributed by atoms with Crippen molar-refractivity contribution in [2.75, 3.05) is 33.9 Å². The number of carboxylic acid groups (broad SMARTS) is 1. The number of likely N-dealkylation sites (tertiary alicyclic amines) is 1. The molecule has 3 N–H and O–H groups in total. The molecule has 0 aromatic heterocycles. The second-order valence-electron chi connectivity index (χ2n) is 9.15. The number of hydrogen-bond acceptors (Lipinski definition) is 6. The number of fused-ring (bicyclic) bond motifs is 1. The fourth-order valence-electron chi connectivity index (χ4n) is 5.13. The van der Waals surface area contributed by atoms with Gasteiger partial charge in [0.15, 0.2) is 11.5 Å². The maximum atomic E-state index is 12.0. The number of carbonyl (C=O) groups is 2. The van der Waals surface area contributed by atoms with Crippen molar-refractivity contribution in [2.24, 2.45) is 0 Å². The summed E-state index contributed by atoms with van der Waals surface area (Å²) in [6.45, 7) is 7.30. The van der Waals surface area contributed by atoms with E-state index in [1.165, 1.54) is 12.0 Å². The van der Waals surface area contributed by atoms with Crippen LogP contribution in [0.5, 0.6) is 11.5 Å². The van der Waals surface area contributed by atoms with Gasteiger partial charge in [-0.25, -0.2) is 9.59 Å². The van der Waals surface area contributed by atoms with Crippen LogP contribution in [0.4, 0.5) is 18.0 Å². The predicted octanol–water partition coefficient (Wildman–Crippen LogP) is 4.97. The Morgan fingerprint density at radius 3 is 2.43 bits per heavy atom. The summed E-state index contributed by atoms with van der Waals surface area (Å²) >= 11 is 1.60. The topological polar surface area (TPSA) is 100 Å². The lowest BCUT2D eigenvalue weighted by atomic mass is 9.66.